The number of hydrogen-bond acceptors (Lipinski definition) is 6. The summed E-state index contributed by atoms with van der Waals surface area (Å²) in [6.07, 6.45) is 3.47. The average Bonchev–Trinajstić information content (AvgIpc) is 3.52. The second-order valence-electron chi connectivity index (χ2n) is 7.51. The maximum Gasteiger partial charge on any atom is 0.341 e. The highest BCUT2D eigenvalue weighted by atomic mass is 16.5. The van der Waals surface area contributed by atoms with Gasteiger partial charge in [0.25, 0.3) is 0 Å². The zero-order chi connectivity index (χ0) is 21.3. The third-order valence-electron chi connectivity index (χ3n) is 5.32. The van der Waals surface area contributed by atoms with Gasteiger partial charge in [-0.05, 0) is 49.2 Å². The topological polar surface area (TPSA) is 86.8 Å². The SMILES string of the molecule is COC(=O)c1cc2c(Oc3ccc(NC(=O)C4(C)CC4)cc3)ccnc2cc1OC. The van der Waals surface area contributed by atoms with E-state index < -0.39 is 5.97 Å². The summed E-state index contributed by atoms with van der Waals surface area (Å²) >= 11 is 0. The smallest absolute Gasteiger partial charge is 0.341 e. The van der Waals surface area contributed by atoms with Crippen molar-refractivity contribution in [2.75, 3.05) is 19.5 Å². The van der Waals surface area contributed by atoms with Crippen molar-refractivity contribution in [2.45, 2.75) is 19.8 Å². The predicted molar refractivity (Wildman–Crippen MR) is 112 cm³/mol. The van der Waals surface area contributed by atoms with Crippen molar-refractivity contribution in [1.29, 1.82) is 0 Å². The molecule has 0 saturated heterocycles. The van der Waals surface area contributed by atoms with E-state index >= 15 is 0 Å². The Morgan fingerprint density at radius 1 is 1.03 bits per heavy atom. The molecule has 3 aromatic rings. The number of aromatic nitrogens is 1. The van der Waals surface area contributed by atoms with E-state index in [1.165, 1.54) is 14.2 Å². The highest BCUT2D eigenvalue weighted by Crippen LogP contribution is 2.45. The van der Waals surface area contributed by atoms with Gasteiger partial charge in [-0.3, -0.25) is 9.78 Å². The number of carbonyl (C=O) groups excluding carboxylic acids is 2. The monoisotopic (exact) mass is 406 g/mol. The molecule has 0 spiro atoms. The lowest BCUT2D eigenvalue weighted by Gasteiger charge is -2.13. The van der Waals surface area contributed by atoms with Crippen LogP contribution in [-0.2, 0) is 9.53 Å². The Hall–Kier alpha value is -3.61. The number of benzene rings is 2. The molecule has 7 heteroatoms. The zero-order valence-corrected chi connectivity index (χ0v) is 17.0. The summed E-state index contributed by atoms with van der Waals surface area (Å²) in [4.78, 5) is 28.6. The Morgan fingerprint density at radius 2 is 1.77 bits per heavy atom. The third kappa shape index (κ3) is 3.78. The van der Waals surface area contributed by atoms with Gasteiger partial charge in [0.05, 0.1) is 19.7 Å². The Balaban J connectivity index is 1.60. The number of nitrogens with one attached hydrogen (secondary N) is 1. The lowest BCUT2D eigenvalue weighted by Crippen LogP contribution is -2.21. The summed E-state index contributed by atoms with van der Waals surface area (Å²) < 4.78 is 16.2. The van der Waals surface area contributed by atoms with E-state index in [9.17, 15) is 9.59 Å². The summed E-state index contributed by atoms with van der Waals surface area (Å²) in [5.41, 5.74) is 1.40. The highest BCUT2D eigenvalue weighted by Gasteiger charge is 2.44. The lowest BCUT2D eigenvalue weighted by molar-refractivity contribution is -0.120. The third-order valence-corrected chi connectivity index (χ3v) is 5.32. The molecule has 0 atom stereocenters. The number of ether oxygens (including phenoxy) is 3. The first-order chi connectivity index (χ1) is 14.4. The van der Waals surface area contributed by atoms with Crippen molar-refractivity contribution < 1.29 is 23.8 Å². The molecule has 1 saturated carbocycles. The number of methoxy groups -OCH3 is 2. The van der Waals surface area contributed by atoms with Gasteiger partial charge in [0.2, 0.25) is 5.91 Å². The molecule has 1 aliphatic carbocycles. The number of esters is 1. The van der Waals surface area contributed by atoms with Crippen molar-refractivity contribution in [1.82, 2.24) is 4.98 Å². The highest BCUT2D eigenvalue weighted by molar-refractivity contribution is 5.99. The molecule has 1 fully saturated rings. The van der Waals surface area contributed by atoms with Crippen LogP contribution in [0.1, 0.15) is 30.1 Å². The molecule has 1 N–H and O–H groups in total. The Kier molecular flexibility index (Phi) is 5.03. The lowest BCUT2D eigenvalue weighted by atomic mass is 10.1. The number of carbonyl (C=O) groups is 2. The molecule has 7 nitrogen and oxygen atoms in total. The maximum atomic E-state index is 12.2. The Morgan fingerprint density at radius 3 is 2.40 bits per heavy atom. The van der Waals surface area contributed by atoms with Crippen molar-refractivity contribution in [3.05, 3.63) is 54.2 Å². The maximum absolute atomic E-state index is 12.2. The van der Waals surface area contributed by atoms with Crippen LogP contribution in [0, 0.1) is 5.41 Å². The van der Waals surface area contributed by atoms with Gasteiger partial charge in [0.1, 0.15) is 22.8 Å². The summed E-state index contributed by atoms with van der Waals surface area (Å²) in [5.74, 6) is 1.04. The molecule has 154 valence electrons. The molecule has 30 heavy (non-hydrogen) atoms. The van der Waals surface area contributed by atoms with Gasteiger partial charge in [-0.25, -0.2) is 4.79 Å². The zero-order valence-electron chi connectivity index (χ0n) is 17.0. The molecule has 1 amide bonds. The number of pyridine rings is 1. The fraction of sp³-hybridized carbons (Fsp3) is 0.261. The van der Waals surface area contributed by atoms with Crippen LogP contribution in [0.3, 0.4) is 0 Å². The first-order valence-corrected chi connectivity index (χ1v) is 9.58. The minimum absolute atomic E-state index is 0.0422. The van der Waals surface area contributed by atoms with Crippen molar-refractivity contribution in [3.63, 3.8) is 0 Å². The molecule has 0 bridgehead atoms. The van der Waals surface area contributed by atoms with Gasteiger partial charge in [-0.1, -0.05) is 6.92 Å². The first-order valence-electron chi connectivity index (χ1n) is 9.58. The van der Waals surface area contributed by atoms with Crippen LogP contribution in [-0.4, -0.2) is 31.1 Å². The number of rotatable bonds is 6. The molecule has 1 aromatic heterocycles. The standard InChI is InChI=1S/C23H22N2O5/c1-23(9-10-23)22(27)25-14-4-6-15(7-5-14)30-19-8-11-24-18-13-20(28-2)17(12-16(18)19)21(26)29-3/h4-8,11-13H,9-10H2,1-3H3,(H,25,27). The molecule has 0 unspecified atom stereocenters. The fourth-order valence-electron chi connectivity index (χ4n) is 3.11. The van der Waals surface area contributed by atoms with E-state index in [-0.39, 0.29) is 16.9 Å². The van der Waals surface area contributed by atoms with Gasteiger partial charge in [-0.2, -0.15) is 0 Å². The van der Waals surface area contributed by atoms with Crippen molar-refractivity contribution in [3.8, 4) is 17.2 Å². The van der Waals surface area contributed by atoms with Gasteiger partial charge >= 0.3 is 5.97 Å². The van der Waals surface area contributed by atoms with E-state index in [4.69, 9.17) is 14.2 Å². The number of fused-ring (bicyclic) bond motifs is 1. The second-order valence-corrected chi connectivity index (χ2v) is 7.51. The summed E-state index contributed by atoms with van der Waals surface area (Å²) in [6.45, 7) is 1.96. The number of nitrogens with zero attached hydrogens (tertiary/aromatic N) is 1. The van der Waals surface area contributed by atoms with Crippen LogP contribution >= 0.6 is 0 Å². The van der Waals surface area contributed by atoms with Crippen LogP contribution in [0.5, 0.6) is 17.2 Å². The van der Waals surface area contributed by atoms with Crippen LogP contribution in [0.25, 0.3) is 10.9 Å². The first kappa shape index (κ1) is 19.7. The molecular formula is C23H22N2O5. The molecule has 0 radical (unpaired) electrons. The van der Waals surface area contributed by atoms with Gasteiger partial charge in [0, 0.05) is 28.8 Å². The summed E-state index contributed by atoms with van der Waals surface area (Å²) in [7, 11) is 2.80. The summed E-state index contributed by atoms with van der Waals surface area (Å²) in [6, 6.07) is 12.2. The molecule has 1 heterocycles. The van der Waals surface area contributed by atoms with E-state index in [0.29, 0.717) is 28.2 Å². The average molecular weight is 406 g/mol. The molecule has 1 aliphatic rings. The molecule has 4 rings (SSSR count). The largest absolute Gasteiger partial charge is 0.496 e. The van der Waals surface area contributed by atoms with E-state index in [0.717, 1.165) is 18.5 Å². The minimum atomic E-state index is -0.506. The molecular weight excluding hydrogens is 384 g/mol. The van der Waals surface area contributed by atoms with Crippen LogP contribution in [0.2, 0.25) is 0 Å². The van der Waals surface area contributed by atoms with E-state index in [1.807, 2.05) is 6.92 Å². The minimum Gasteiger partial charge on any atom is -0.496 e. The van der Waals surface area contributed by atoms with Crippen molar-refractivity contribution in [2.24, 2.45) is 5.41 Å². The van der Waals surface area contributed by atoms with Gasteiger partial charge < -0.3 is 19.5 Å². The number of amides is 1. The Labute approximate surface area is 174 Å². The summed E-state index contributed by atoms with van der Waals surface area (Å²) in [5, 5.41) is 3.59. The Bertz CT molecular complexity index is 1120. The van der Waals surface area contributed by atoms with Crippen molar-refractivity contribution >= 4 is 28.5 Å². The number of anilines is 1. The van der Waals surface area contributed by atoms with Gasteiger partial charge in [0.15, 0.2) is 0 Å². The van der Waals surface area contributed by atoms with E-state index in [2.05, 4.69) is 10.3 Å². The van der Waals surface area contributed by atoms with E-state index in [1.54, 1.807) is 48.7 Å². The molecule has 0 aliphatic heterocycles. The van der Waals surface area contributed by atoms with Gasteiger partial charge in [-0.15, -0.1) is 0 Å². The molecule has 2 aromatic carbocycles. The predicted octanol–water partition coefficient (Wildman–Crippen LogP) is 4.56. The van der Waals surface area contributed by atoms with Crippen LogP contribution in [0.15, 0.2) is 48.7 Å². The van der Waals surface area contributed by atoms with Crippen LogP contribution < -0.4 is 14.8 Å². The fourth-order valence-corrected chi connectivity index (χ4v) is 3.11. The van der Waals surface area contributed by atoms with Crippen LogP contribution in [0.4, 0.5) is 5.69 Å². The number of hydrogen-bond donors (Lipinski definition) is 1. The quantitative estimate of drug-likeness (QED) is 0.604. The second kappa shape index (κ2) is 7.67. The normalized spacial score (nSPS) is 14.1.